The summed E-state index contributed by atoms with van der Waals surface area (Å²) in [6, 6.07) is 4.72. The predicted molar refractivity (Wildman–Crippen MR) is 60.6 cm³/mol. The number of phenols is 1. The molecule has 1 saturated carbocycles. The molecule has 0 bridgehead atoms. The van der Waals surface area contributed by atoms with Crippen LogP contribution in [0.3, 0.4) is 0 Å². The van der Waals surface area contributed by atoms with Gasteiger partial charge in [-0.25, -0.2) is 0 Å². The lowest BCUT2D eigenvalue weighted by Gasteiger charge is -2.21. The van der Waals surface area contributed by atoms with Gasteiger partial charge in [0.05, 0.1) is 4.92 Å². The van der Waals surface area contributed by atoms with E-state index in [9.17, 15) is 15.2 Å². The Hall–Kier alpha value is -1.58. The zero-order valence-electron chi connectivity index (χ0n) is 9.06. The minimum Gasteiger partial charge on any atom is -0.502 e. The molecule has 0 heterocycles. The van der Waals surface area contributed by atoms with E-state index in [0.717, 1.165) is 18.4 Å². The van der Waals surface area contributed by atoms with Crippen molar-refractivity contribution in [1.29, 1.82) is 0 Å². The average Bonchev–Trinajstić information content (AvgIpc) is 2.29. The average molecular weight is 221 g/mol. The van der Waals surface area contributed by atoms with Gasteiger partial charge in [-0.05, 0) is 30.4 Å². The van der Waals surface area contributed by atoms with Gasteiger partial charge in [0.25, 0.3) is 0 Å². The number of benzene rings is 1. The summed E-state index contributed by atoms with van der Waals surface area (Å²) in [5, 5.41) is 20.1. The topological polar surface area (TPSA) is 63.4 Å². The van der Waals surface area contributed by atoms with Crippen LogP contribution in [0.2, 0.25) is 0 Å². The maximum atomic E-state index is 10.6. The molecule has 1 N–H and O–H groups in total. The fourth-order valence-corrected chi connectivity index (χ4v) is 2.38. The Balaban J connectivity index is 2.23. The van der Waals surface area contributed by atoms with Crippen LogP contribution in [0.5, 0.6) is 5.75 Å². The number of hydrogen-bond acceptors (Lipinski definition) is 3. The molecule has 0 saturated heterocycles. The van der Waals surface area contributed by atoms with Gasteiger partial charge in [-0.15, -0.1) is 0 Å². The summed E-state index contributed by atoms with van der Waals surface area (Å²) in [6.45, 7) is 0. The van der Waals surface area contributed by atoms with E-state index in [2.05, 4.69) is 0 Å². The molecule has 1 aromatic carbocycles. The molecule has 0 spiro atoms. The Morgan fingerprint density at radius 1 is 1.25 bits per heavy atom. The van der Waals surface area contributed by atoms with Crippen molar-refractivity contribution >= 4 is 5.69 Å². The van der Waals surface area contributed by atoms with E-state index in [4.69, 9.17) is 0 Å². The van der Waals surface area contributed by atoms with Crippen LogP contribution in [-0.4, -0.2) is 10.0 Å². The molecular weight excluding hydrogens is 206 g/mol. The Morgan fingerprint density at radius 3 is 2.50 bits per heavy atom. The summed E-state index contributed by atoms with van der Waals surface area (Å²) in [7, 11) is 0. The maximum absolute atomic E-state index is 10.6. The highest BCUT2D eigenvalue weighted by Crippen LogP contribution is 2.36. The van der Waals surface area contributed by atoms with Gasteiger partial charge in [-0.1, -0.05) is 25.3 Å². The Labute approximate surface area is 94.1 Å². The molecular formula is C12H15NO3. The first-order valence-corrected chi connectivity index (χ1v) is 5.66. The third-order valence-electron chi connectivity index (χ3n) is 3.27. The van der Waals surface area contributed by atoms with Crippen molar-refractivity contribution in [1.82, 2.24) is 0 Å². The molecule has 0 atom stereocenters. The lowest BCUT2D eigenvalue weighted by atomic mass is 9.84. The van der Waals surface area contributed by atoms with Crippen LogP contribution in [-0.2, 0) is 0 Å². The fraction of sp³-hybridized carbons (Fsp3) is 0.500. The zero-order valence-corrected chi connectivity index (χ0v) is 9.06. The number of phenolic OH excluding ortho intramolecular Hbond substituents is 1. The zero-order chi connectivity index (χ0) is 11.5. The van der Waals surface area contributed by atoms with Crippen molar-refractivity contribution < 1.29 is 10.0 Å². The second kappa shape index (κ2) is 4.51. The molecule has 86 valence electrons. The molecule has 0 amide bonds. The summed E-state index contributed by atoms with van der Waals surface area (Å²) in [5.41, 5.74) is 0.822. The van der Waals surface area contributed by atoms with Crippen LogP contribution in [0.15, 0.2) is 18.2 Å². The van der Waals surface area contributed by atoms with Gasteiger partial charge in [0.15, 0.2) is 5.75 Å². The molecule has 0 aliphatic heterocycles. The molecule has 0 aromatic heterocycles. The first-order chi connectivity index (χ1) is 7.68. The van der Waals surface area contributed by atoms with Gasteiger partial charge >= 0.3 is 5.69 Å². The number of nitro groups is 1. The van der Waals surface area contributed by atoms with Crippen molar-refractivity contribution in [2.75, 3.05) is 0 Å². The van der Waals surface area contributed by atoms with Gasteiger partial charge < -0.3 is 5.11 Å². The summed E-state index contributed by atoms with van der Waals surface area (Å²) in [6.07, 6.45) is 5.94. The van der Waals surface area contributed by atoms with E-state index in [0.29, 0.717) is 5.92 Å². The van der Waals surface area contributed by atoms with Crippen LogP contribution in [0.1, 0.15) is 43.6 Å². The second-order valence-corrected chi connectivity index (χ2v) is 4.34. The highest BCUT2D eigenvalue weighted by molar-refractivity contribution is 5.48. The molecule has 2 rings (SSSR count). The minimum atomic E-state index is -0.556. The number of nitrogens with zero attached hydrogens (tertiary/aromatic N) is 1. The van der Waals surface area contributed by atoms with Crippen LogP contribution >= 0.6 is 0 Å². The van der Waals surface area contributed by atoms with Crippen LogP contribution in [0, 0.1) is 10.1 Å². The number of nitro benzene ring substituents is 1. The molecule has 1 aliphatic carbocycles. The number of rotatable bonds is 2. The highest BCUT2D eigenvalue weighted by atomic mass is 16.6. The fourth-order valence-electron chi connectivity index (χ4n) is 2.38. The molecule has 1 fully saturated rings. The molecule has 0 unspecified atom stereocenters. The summed E-state index contributed by atoms with van der Waals surface area (Å²) in [4.78, 5) is 10.00. The molecule has 16 heavy (non-hydrogen) atoms. The molecule has 0 radical (unpaired) electrons. The van der Waals surface area contributed by atoms with Crippen molar-refractivity contribution in [3.05, 3.63) is 33.9 Å². The predicted octanol–water partition coefficient (Wildman–Crippen LogP) is 3.35. The Bertz CT molecular complexity index is 397. The number of aromatic hydroxyl groups is 1. The first-order valence-electron chi connectivity index (χ1n) is 5.66. The standard InChI is InChI=1S/C12H15NO3/c14-12-8-10(6-7-11(12)13(15)16)9-4-2-1-3-5-9/h6-9,14H,1-5H2. The van der Waals surface area contributed by atoms with Gasteiger partial charge in [0.1, 0.15) is 0 Å². The van der Waals surface area contributed by atoms with Crippen LogP contribution < -0.4 is 0 Å². The van der Waals surface area contributed by atoms with E-state index < -0.39 is 4.92 Å². The third kappa shape index (κ3) is 2.15. The lowest BCUT2D eigenvalue weighted by Crippen LogP contribution is -2.04. The quantitative estimate of drug-likeness (QED) is 0.615. The largest absolute Gasteiger partial charge is 0.502 e. The van der Waals surface area contributed by atoms with Gasteiger partial charge in [-0.2, -0.15) is 0 Å². The highest BCUT2D eigenvalue weighted by Gasteiger charge is 2.19. The van der Waals surface area contributed by atoms with Crippen LogP contribution in [0.25, 0.3) is 0 Å². The first kappa shape index (κ1) is 10.9. The lowest BCUT2D eigenvalue weighted by molar-refractivity contribution is -0.385. The molecule has 4 heteroatoms. The second-order valence-electron chi connectivity index (χ2n) is 4.34. The summed E-state index contributed by atoms with van der Waals surface area (Å²) >= 11 is 0. The normalized spacial score (nSPS) is 17.2. The molecule has 1 aliphatic rings. The van der Waals surface area contributed by atoms with Crippen molar-refractivity contribution in [2.24, 2.45) is 0 Å². The summed E-state index contributed by atoms with van der Waals surface area (Å²) < 4.78 is 0. The minimum absolute atomic E-state index is 0.209. The molecule has 4 nitrogen and oxygen atoms in total. The summed E-state index contributed by atoms with van der Waals surface area (Å²) in [5.74, 6) is 0.244. The Kier molecular flexibility index (Phi) is 3.08. The van der Waals surface area contributed by atoms with Crippen molar-refractivity contribution in [3.63, 3.8) is 0 Å². The van der Waals surface area contributed by atoms with Gasteiger partial charge in [0, 0.05) is 6.07 Å². The smallest absolute Gasteiger partial charge is 0.310 e. The Morgan fingerprint density at radius 2 is 1.94 bits per heavy atom. The maximum Gasteiger partial charge on any atom is 0.310 e. The van der Waals surface area contributed by atoms with E-state index in [1.54, 1.807) is 12.1 Å². The van der Waals surface area contributed by atoms with Crippen molar-refractivity contribution in [2.45, 2.75) is 38.0 Å². The van der Waals surface area contributed by atoms with Gasteiger partial charge in [0.2, 0.25) is 0 Å². The SMILES string of the molecule is O=[N+]([O-])c1ccc(C2CCCCC2)cc1O. The van der Waals surface area contributed by atoms with Gasteiger partial charge in [-0.3, -0.25) is 10.1 Å². The third-order valence-corrected chi connectivity index (χ3v) is 3.27. The van der Waals surface area contributed by atoms with Crippen molar-refractivity contribution in [3.8, 4) is 5.75 Å². The van der Waals surface area contributed by atoms with E-state index in [1.807, 2.05) is 0 Å². The van der Waals surface area contributed by atoms with E-state index in [1.165, 1.54) is 25.3 Å². The monoisotopic (exact) mass is 221 g/mol. The van der Waals surface area contributed by atoms with E-state index >= 15 is 0 Å². The van der Waals surface area contributed by atoms with E-state index in [-0.39, 0.29) is 11.4 Å². The molecule has 1 aromatic rings. The van der Waals surface area contributed by atoms with Crippen LogP contribution in [0.4, 0.5) is 5.69 Å². The number of hydrogen-bond donors (Lipinski definition) is 1.